The maximum absolute atomic E-state index is 12.9. The van der Waals surface area contributed by atoms with Gasteiger partial charge in [-0.3, -0.25) is 9.59 Å². The van der Waals surface area contributed by atoms with Crippen molar-refractivity contribution in [1.29, 1.82) is 5.26 Å². The number of nitrogens with zero attached hydrogens (tertiary/aromatic N) is 1. The zero-order chi connectivity index (χ0) is 25.9. The highest BCUT2D eigenvalue weighted by Crippen LogP contribution is 2.26. The SMILES string of the molecule is N#Cc1ccc(NC(=O)c2cc3cccc(NC(=O)Cc4cccc5ccccc45)c3[nH]2)c(C(=O)O)c1. The molecule has 5 aromatic rings. The molecule has 0 bridgehead atoms. The molecule has 0 aliphatic heterocycles. The van der Waals surface area contributed by atoms with Gasteiger partial charge in [-0.2, -0.15) is 5.26 Å². The molecule has 0 aliphatic rings. The van der Waals surface area contributed by atoms with Crippen LogP contribution in [0.25, 0.3) is 21.7 Å². The lowest BCUT2D eigenvalue weighted by Crippen LogP contribution is -2.16. The van der Waals surface area contributed by atoms with Crippen LogP contribution in [-0.4, -0.2) is 27.9 Å². The van der Waals surface area contributed by atoms with Crippen molar-refractivity contribution in [2.75, 3.05) is 10.6 Å². The van der Waals surface area contributed by atoms with Gasteiger partial charge in [-0.15, -0.1) is 0 Å². The van der Waals surface area contributed by atoms with E-state index >= 15 is 0 Å². The van der Waals surface area contributed by atoms with E-state index < -0.39 is 11.9 Å². The summed E-state index contributed by atoms with van der Waals surface area (Å²) in [7, 11) is 0. The monoisotopic (exact) mass is 488 g/mol. The fourth-order valence-electron chi connectivity index (χ4n) is 4.29. The second-order valence-electron chi connectivity index (χ2n) is 8.45. The smallest absolute Gasteiger partial charge is 0.337 e. The summed E-state index contributed by atoms with van der Waals surface area (Å²) in [6.45, 7) is 0. The Morgan fingerprint density at radius 3 is 2.41 bits per heavy atom. The Balaban J connectivity index is 1.38. The summed E-state index contributed by atoms with van der Waals surface area (Å²) < 4.78 is 0. The average Bonchev–Trinajstić information content (AvgIpc) is 3.35. The number of amides is 2. The van der Waals surface area contributed by atoms with Crippen molar-refractivity contribution in [3.8, 4) is 6.07 Å². The van der Waals surface area contributed by atoms with E-state index in [-0.39, 0.29) is 34.8 Å². The molecule has 0 aliphatic carbocycles. The van der Waals surface area contributed by atoms with Crippen LogP contribution in [0.2, 0.25) is 0 Å². The van der Waals surface area contributed by atoms with E-state index in [1.165, 1.54) is 18.2 Å². The first-order valence-corrected chi connectivity index (χ1v) is 11.4. The number of nitriles is 1. The lowest BCUT2D eigenvalue weighted by molar-refractivity contribution is -0.115. The van der Waals surface area contributed by atoms with Gasteiger partial charge in [0.15, 0.2) is 0 Å². The van der Waals surface area contributed by atoms with Gasteiger partial charge >= 0.3 is 5.97 Å². The van der Waals surface area contributed by atoms with Gasteiger partial charge < -0.3 is 20.7 Å². The molecular weight excluding hydrogens is 468 g/mol. The Morgan fingerprint density at radius 1 is 0.838 bits per heavy atom. The number of rotatable bonds is 6. The molecule has 0 spiro atoms. The highest BCUT2D eigenvalue weighted by Gasteiger charge is 2.17. The topological polar surface area (TPSA) is 135 Å². The second kappa shape index (κ2) is 9.68. The van der Waals surface area contributed by atoms with E-state index in [2.05, 4.69) is 15.6 Å². The van der Waals surface area contributed by atoms with Gasteiger partial charge in [0.05, 0.1) is 40.5 Å². The summed E-state index contributed by atoms with van der Waals surface area (Å²) in [5.41, 5.74) is 2.23. The summed E-state index contributed by atoms with van der Waals surface area (Å²) in [6, 6.07) is 26.5. The van der Waals surface area contributed by atoms with Crippen LogP contribution in [0.1, 0.15) is 32.0 Å². The molecule has 0 saturated heterocycles. The lowest BCUT2D eigenvalue weighted by Gasteiger charge is -2.09. The van der Waals surface area contributed by atoms with Crippen molar-refractivity contribution in [3.63, 3.8) is 0 Å². The van der Waals surface area contributed by atoms with E-state index in [4.69, 9.17) is 5.26 Å². The van der Waals surface area contributed by atoms with Crippen LogP contribution in [0.4, 0.5) is 11.4 Å². The zero-order valence-corrected chi connectivity index (χ0v) is 19.4. The van der Waals surface area contributed by atoms with Crippen LogP contribution < -0.4 is 10.6 Å². The van der Waals surface area contributed by atoms with E-state index in [0.717, 1.165) is 16.3 Å². The first-order chi connectivity index (χ1) is 17.9. The van der Waals surface area contributed by atoms with Crippen LogP contribution in [0.3, 0.4) is 0 Å². The Labute approximate surface area is 211 Å². The number of nitrogens with one attached hydrogen (secondary N) is 3. The molecule has 37 heavy (non-hydrogen) atoms. The fraction of sp³-hybridized carbons (Fsp3) is 0.0345. The van der Waals surface area contributed by atoms with Crippen LogP contribution in [0, 0.1) is 11.3 Å². The van der Waals surface area contributed by atoms with Crippen LogP contribution in [-0.2, 0) is 11.2 Å². The number of aromatic amines is 1. The Hall–Kier alpha value is -5.42. The molecule has 2 amide bonds. The minimum atomic E-state index is -1.26. The molecule has 180 valence electrons. The predicted molar refractivity (Wildman–Crippen MR) is 141 cm³/mol. The van der Waals surface area contributed by atoms with Crippen molar-refractivity contribution in [2.45, 2.75) is 6.42 Å². The quantitative estimate of drug-likeness (QED) is 0.256. The summed E-state index contributed by atoms with van der Waals surface area (Å²) in [4.78, 5) is 40.5. The van der Waals surface area contributed by atoms with Crippen LogP contribution in [0.15, 0.2) is 84.9 Å². The third-order valence-electron chi connectivity index (χ3n) is 6.03. The molecule has 0 atom stereocenters. The fourth-order valence-corrected chi connectivity index (χ4v) is 4.29. The largest absolute Gasteiger partial charge is 0.478 e. The van der Waals surface area contributed by atoms with Gasteiger partial charge in [0.1, 0.15) is 5.69 Å². The van der Waals surface area contributed by atoms with Gasteiger partial charge in [0, 0.05) is 5.39 Å². The van der Waals surface area contributed by atoms with E-state index in [1.54, 1.807) is 24.3 Å². The Bertz CT molecular complexity index is 1740. The number of hydrogen-bond donors (Lipinski definition) is 4. The molecule has 0 fully saturated rings. The summed E-state index contributed by atoms with van der Waals surface area (Å²) in [5, 5.41) is 26.8. The highest BCUT2D eigenvalue weighted by molar-refractivity contribution is 6.11. The number of carbonyl (C=O) groups is 3. The number of H-pyrrole nitrogens is 1. The van der Waals surface area contributed by atoms with Gasteiger partial charge in [-0.25, -0.2) is 4.79 Å². The third-order valence-corrected chi connectivity index (χ3v) is 6.03. The van der Waals surface area contributed by atoms with E-state index in [1.807, 2.05) is 48.5 Å². The van der Waals surface area contributed by atoms with Crippen molar-refractivity contribution < 1.29 is 19.5 Å². The molecule has 5 rings (SSSR count). The molecule has 0 radical (unpaired) electrons. The molecule has 1 aromatic heterocycles. The summed E-state index contributed by atoms with van der Waals surface area (Å²) >= 11 is 0. The first kappa shape index (κ1) is 23.3. The average molecular weight is 489 g/mol. The molecule has 4 N–H and O–H groups in total. The van der Waals surface area contributed by atoms with Gasteiger partial charge in [-0.05, 0) is 46.7 Å². The minimum Gasteiger partial charge on any atom is -0.478 e. The van der Waals surface area contributed by atoms with Gasteiger partial charge in [-0.1, -0.05) is 54.6 Å². The normalized spacial score (nSPS) is 10.7. The number of fused-ring (bicyclic) bond motifs is 2. The predicted octanol–water partition coefficient (Wildman–Crippen LogP) is 5.32. The number of carboxylic acids is 1. The first-order valence-electron chi connectivity index (χ1n) is 11.4. The number of carbonyl (C=O) groups excluding carboxylic acids is 2. The standard InChI is InChI=1S/C29H20N4O4/c30-16-17-11-12-23(22(13-17)29(36)37)33-28(35)25-14-20-8-4-10-24(27(20)32-25)31-26(34)15-19-7-3-6-18-5-1-2-9-21(18)19/h1-14,32H,15H2,(H,31,34)(H,33,35)(H,36,37). The van der Waals surface area contributed by atoms with Crippen molar-refractivity contribution in [1.82, 2.24) is 4.98 Å². The second-order valence-corrected chi connectivity index (χ2v) is 8.45. The maximum Gasteiger partial charge on any atom is 0.337 e. The number of aromatic carboxylic acids is 1. The number of carboxylic acid groups (broad SMARTS) is 1. The molecular formula is C29H20N4O4. The van der Waals surface area contributed by atoms with Crippen molar-refractivity contribution in [3.05, 3.63) is 107 Å². The molecule has 1 heterocycles. The minimum absolute atomic E-state index is 0.0683. The molecule has 0 saturated carbocycles. The van der Waals surface area contributed by atoms with Gasteiger partial charge in [0.2, 0.25) is 5.91 Å². The summed E-state index contributed by atoms with van der Waals surface area (Å²) in [6.07, 6.45) is 0.183. The number of aromatic nitrogens is 1. The Kier molecular flexibility index (Phi) is 6.10. The summed E-state index contributed by atoms with van der Waals surface area (Å²) in [5.74, 6) is -2.02. The van der Waals surface area contributed by atoms with Crippen molar-refractivity contribution in [2.24, 2.45) is 0 Å². The van der Waals surface area contributed by atoms with E-state index in [9.17, 15) is 19.5 Å². The number of hydrogen-bond acceptors (Lipinski definition) is 4. The number of benzene rings is 4. The van der Waals surface area contributed by atoms with Crippen molar-refractivity contribution >= 4 is 50.8 Å². The lowest BCUT2D eigenvalue weighted by atomic mass is 10.0. The number of anilines is 2. The van der Waals surface area contributed by atoms with Gasteiger partial charge in [0.25, 0.3) is 5.91 Å². The molecule has 0 unspecified atom stereocenters. The van der Waals surface area contributed by atoms with Crippen LogP contribution in [0.5, 0.6) is 0 Å². The highest BCUT2D eigenvalue weighted by atomic mass is 16.4. The Morgan fingerprint density at radius 2 is 1.59 bits per heavy atom. The number of para-hydroxylation sites is 1. The molecule has 4 aromatic carbocycles. The zero-order valence-electron chi connectivity index (χ0n) is 19.4. The van der Waals surface area contributed by atoms with Crippen LogP contribution >= 0.6 is 0 Å². The molecule has 8 nitrogen and oxygen atoms in total. The molecule has 8 heteroatoms. The third kappa shape index (κ3) is 4.74. The maximum atomic E-state index is 12.9. The van der Waals surface area contributed by atoms with E-state index in [0.29, 0.717) is 16.6 Å².